The van der Waals surface area contributed by atoms with Crippen molar-refractivity contribution < 1.29 is 9.53 Å². The minimum absolute atomic E-state index is 0.263. The van der Waals surface area contributed by atoms with Gasteiger partial charge in [0.05, 0.1) is 6.54 Å². The predicted molar refractivity (Wildman–Crippen MR) is 90.0 cm³/mol. The molecule has 0 unspecified atom stereocenters. The molecular formula is C17H25N3O2. The fraction of sp³-hybridized carbons (Fsp3) is 0.412. The van der Waals surface area contributed by atoms with E-state index < -0.39 is 11.7 Å². The Bertz CT molecular complexity index is 531. The zero-order valence-electron chi connectivity index (χ0n) is 13.8. The van der Waals surface area contributed by atoms with Crippen molar-refractivity contribution in [2.45, 2.75) is 32.8 Å². The summed E-state index contributed by atoms with van der Waals surface area (Å²) in [4.78, 5) is 15.7. The molecule has 0 saturated heterocycles. The van der Waals surface area contributed by atoms with Gasteiger partial charge in [-0.2, -0.15) is 0 Å². The molecule has 1 rings (SSSR count). The number of nitrogens with zero attached hydrogens (tertiary/aromatic N) is 1. The summed E-state index contributed by atoms with van der Waals surface area (Å²) in [5.41, 5.74) is 1.46. The highest BCUT2D eigenvalue weighted by molar-refractivity contribution is 5.88. The lowest BCUT2D eigenvalue weighted by Gasteiger charge is -2.20. The highest BCUT2D eigenvalue weighted by Gasteiger charge is 2.16. The van der Waals surface area contributed by atoms with Crippen LogP contribution in [0.25, 0.3) is 0 Å². The van der Waals surface area contributed by atoms with E-state index in [2.05, 4.69) is 22.2 Å². The van der Waals surface area contributed by atoms with Crippen molar-refractivity contribution in [3.63, 3.8) is 0 Å². The van der Waals surface area contributed by atoms with E-state index in [-0.39, 0.29) is 6.54 Å². The number of carbonyl (C=O) groups is 1. The van der Waals surface area contributed by atoms with Crippen LogP contribution in [0.15, 0.2) is 47.6 Å². The number of ether oxygens (including phenoxy) is 1. The number of hydrogen-bond acceptors (Lipinski definition) is 3. The van der Waals surface area contributed by atoms with Crippen LogP contribution in [0.2, 0.25) is 0 Å². The van der Waals surface area contributed by atoms with Gasteiger partial charge >= 0.3 is 6.09 Å². The molecule has 2 N–H and O–H groups in total. The first kappa shape index (κ1) is 17.8. The van der Waals surface area contributed by atoms with E-state index in [4.69, 9.17) is 4.74 Å². The Morgan fingerprint density at radius 1 is 1.27 bits per heavy atom. The highest BCUT2D eigenvalue weighted by atomic mass is 16.6. The van der Waals surface area contributed by atoms with Gasteiger partial charge in [0.2, 0.25) is 0 Å². The molecule has 1 aromatic carbocycles. The Morgan fingerprint density at radius 3 is 2.45 bits per heavy atom. The van der Waals surface area contributed by atoms with E-state index in [1.165, 1.54) is 0 Å². The molecule has 0 aliphatic heterocycles. The fourth-order valence-electron chi connectivity index (χ4n) is 1.74. The third-order valence-electron chi connectivity index (χ3n) is 2.65. The molecule has 0 spiro atoms. The van der Waals surface area contributed by atoms with Crippen LogP contribution >= 0.6 is 0 Å². The van der Waals surface area contributed by atoms with Crippen LogP contribution in [0.3, 0.4) is 0 Å². The predicted octanol–water partition coefficient (Wildman–Crippen LogP) is 2.89. The number of rotatable bonds is 5. The second-order valence-electron chi connectivity index (χ2n) is 5.92. The van der Waals surface area contributed by atoms with Crippen molar-refractivity contribution in [2.75, 3.05) is 13.6 Å². The molecule has 22 heavy (non-hydrogen) atoms. The van der Waals surface area contributed by atoms with E-state index in [0.717, 1.165) is 11.3 Å². The summed E-state index contributed by atoms with van der Waals surface area (Å²) < 4.78 is 5.18. The van der Waals surface area contributed by atoms with Gasteiger partial charge in [0, 0.05) is 19.2 Å². The minimum Gasteiger partial charge on any atom is -0.444 e. The quantitative estimate of drug-likeness (QED) is 0.649. The van der Waals surface area contributed by atoms with E-state index in [0.29, 0.717) is 12.3 Å². The Kier molecular flexibility index (Phi) is 6.63. The first-order valence-electron chi connectivity index (χ1n) is 7.21. The number of allylic oxidation sites excluding steroid dienone is 1. The van der Waals surface area contributed by atoms with E-state index in [9.17, 15) is 4.79 Å². The van der Waals surface area contributed by atoms with Crippen molar-refractivity contribution in [1.29, 1.82) is 0 Å². The summed E-state index contributed by atoms with van der Waals surface area (Å²) in [6.45, 7) is 9.71. The molecular weight excluding hydrogens is 278 g/mol. The summed E-state index contributed by atoms with van der Waals surface area (Å²) in [5.74, 6) is 0.631. The molecule has 0 aromatic heterocycles. The molecule has 0 saturated carbocycles. The molecule has 0 fully saturated rings. The summed E-state index contributed by atoms with van der Waals surface area (Å²) in [5, 5.41) is 5.78. The van der Waals surface area contributed by atoms with E-state index in [1.807, 2.05) is 51.1 Å². The maximum absolute atomic E-state index is 11.6. The number of amidine groups is 1. The number of carbonyl (C=O) groups excluding carboxylic acids is 1. The monoisotopic (exact) mass is 303 g/mol. The molecule has 5 heteroatoms. The van der Waals surface area contributed by atoms with Gasteiger partial charge in [-0.3, -0.25) is 4.99 Å². The van der Waals surface area contributed by atoms with Crippen molar-refractivity contribution in [3.8, 4) is 0 Å². The second kappa shape index (κ2) is 8.22. The maximum Gasteiger partial charge on any atom is 0.408 e. The van der Waals surface area contributed by atoms with Gasteiger partial charge in [0.25, 0.3) is 0 Å². The van der Waals surface area contributed by atoms with Crippen molar-refractivity contribution in [3.05, 3.63) is 48.2 Å². The van der Waals surface area contributed by atoms with Gasteiger partial charge in [0.1, 0.15) is 11.4 Å². The fourth-order valence-corrected chi connectivity index (χ4v) is 1.74. The van der Waals surface area contributed by atoms with Gasteiger partial charge in [-0.25, -0.2) is 4.79 Å². The zero-order chi connectivity index (χ0) is 16.6. The molecule has 0 bridgehead atoms. The molecule has 1 aromatic rings. The van der Waals surface area contributed by atoms with Crippen molar-refractivity contribution >= 4 is 11.9 Å². The van der Waals surface area contributed by atoms with Crippen LogP contribution in [0.4, 0.5) is 4.79 Å². The Labute approximate surface area is 132 Å². The largest absolute Gasteiger partial charge is 0.444 e. The number of aliphatic imine (C=N–C) groups is 1. The maximum atomic E-state index is 11.6. The minimum atomic E-state index is -0.516. The molecule has 1 amide bonds. The summed E-state index contributed by atoms with van der Waals surface area (Å²) >= 11 is 0. The molecule has 0 aliphatic carbocycles. The van der Waals surface area contributed by atoms with Crippen molar-refractivity contribution in [1.82, 2.24) is 10.6 Å². The zero-order valence-corrected chi connectivity index (χ0v) is 13.8. The summed E-state index contributed by atoms with van der Waals surface area (Å²) in [6.07, 6.45) is 0.232. The summed E-state index contributed by atoms with van der Waals surface area (Å²) in [7, 11) is 1.66. The second-order valence-corrected chi connectivity index (χ2v) is 5.92. The third-order valence-corrected chi connectivity index (χ3v) is 2.65. The van der Waals surface area contributed by atoms with Crippen LogP contribution < -0.4 is 10.6 Å². The smallest absolute Gasteiger partial charge is 0.408 e. The highest BCUT2D eigenvalue weighted by Crippen LogP contribution is 2.06. The van der Waals surface area contributed by atoms with E-state index in [1.54, 1.807) is 7.05 Å². The van der Waals surface area contributed by atoms with Gasteiger partial charge in [-0.15, -0.1) is 0 Å². The number of nitrogens with one attached hydrogen (secondary N) is 2. The van der Waals surface area contributed by atoms with Crippen LogP contribution in [0, 0.1) is 0 Å². The number of benzene rings is 1. The standard InChI is InChI=1S/C17H25N3O2/c1-13(11-14-9-7-6-8-10-14)20-15(18-5)12-19-16(21)22-17(2,3)4/h6-10H,1,11-12H2,2-5H3,(H,18,20)(H,19,21). The Morgan fingerprint density at radius 2 is 1.91 bits per heavy atom. The molecule has 120 valence electrons. The number of alkyl carbamates (subject to hydrolysis) is 1. The first-order chi connectivity index (χ1) is 10.3. The summed E-state index contributed by atoms with van der Waals surface area (Å²) in [6, 6.07) is 10.0. The third kappa shape index (κ3) is 7.47. The molecule has 5 nitrogen and oxygen atoms in total. The van der Waals surface area contributed by atoms with Crippen LogP contribution in [-0.2, 0) is 11.2 Å². The first-order valence-corrected chi connectivity index (χ1v) is 7.21. The van der Waals surface area contributed by atoms with Gasteiger partial charge < -0.3 is 15.4 Å². The van der Waals surface area contributed by atoms with Crippen LogP contribution in [0.5, 0.6) is 0 Å². The average Bonchev–Trinajstić information content (AvgIpc) is 2.42. The Balaban J connectivity index is 2.42. The van der Waals surface area contributed by atoms with Crippen LogP contribution in [0.1, 0.15) is 26.3 Å². The number of amides is 1. The topological polar surface area (TPSA) is 62.7 Å². The lowest BCUT2D eigenvalue weighted by Crippen LogP contribution is -2.39. The molecule has 0 heterocycles. The molecule has 0 radical (unpaired) electrons. The Hall–Kier alpha value is -2.30. The van der Waals surface area contributed by atoms with E-state index >= 15 is 0 Å². The number of hydrogen-bond donors (Lipinski definition) is 2. The molecule has 0 aliphatic rings. The van der Waals surface area contributed by atoms with Gasteiger partial charge in [0.15, 0.2) is 0 Å². The average molecular weight is 303 g/mol. The van der Waals surface area contributed by atoms with Gasteiger partial charge in [-0.05, 0) is 26.3 Å². The normalized spacial score (nSPS) is 11.7. The lowest BCUT2D eigenvalue weighted by atomic mass is 10.1. The van der Waals surface area contributed by atoms with Crippen molar-refractivity contribution in [2.24, 2.45) is 4.99 Å². The van der Waals surface area contributed by atoms with Gasteiger partial charge in [-0.1, -0.05) is 36.9 Å². The van der Waals surface area contributed by atoms with Crippen LogP contribution in [-0.4, -0.2) is 31.1 Å². The lowest BCUT2D eigenvalue weighted by molar-refractivity contribution is 0.0535. The SMILES string of the molecule is C=C(Cc1ccccc1)NC(CNC(=O)OC(C)(C)C)=NC. The molecule has 0 atom stereocenters.